The monoisotopic (exact) mass is 335 g/mol. The van der Waals surface area contributed by atoms with Crippen LogP contribution in [-0.2, 0) is 7.05 Å². The Balaban J connectivity index is 1.93. The number of rotatable bonds is 3. The zero-order chi connectivity index (χ0) is 14.2. The molecule has 1 aromatic heterocycles. The van der Waals surface area contributed by atoms with Crippen LogP contribution in [0.2, 0.25) is 0 Å². The van der Waals surface area contributed by atoms with E-state index in [1.807, 2.05) is 31.3 Å². The van der Waals surface area contributed by atoms with Crippen molar-refractivity contribution in [3.8, 4) is 0 Å². The normalized spacial score (nSPS) is 17.5. The van der Waals surface area contributed by atoms with E-state index in [2.05, 4.69) is 26.3 Å². The number of nitrogens with one attached hydrogen (secondary N) is 1. The van der Waals surface area contributed by atoms with Crippen LogP contribution in [0.4, 0.5) is 0 Å². The summed E-state index contributed by atoms with van der Waals surface area (Å²) in [6.07, 6.45) is 4.42. The van der Waals surface area contributed by atoms with Crippen molar-refractivity contribution in [3.05, 3.63) is 30.0 Å². The molecule has 0 bridgehead atoms. The number of hydrogen-bond donors (Lipinski definition) is 1. The van der Waals surface area contributed by atoms with Crippen LogP contribution in [-0.4, -0.2) is 26.6 Å². The number of carbonyl (C=O) groups is 1. The number of para-hydroxylation sites is 1. The molecule has 4 nitrogen and oxygen atoms in total. The SMILES string of the molecule is Cn1nc(C(=O)NC2(CBr)CCCC2)c2ccccc21. The Morgan fingerprint density at radius 1 is 1.40 bits per heavy atom. The molecule has 2 aromatic rings. The maximum atomic E-state index is 12.6. The number of halogens is 1. The molecule has 5 heteroatoms. The lowest BCUT2D eigenvalue weighted by atomic mass is 10.0. The van der Waals surface area contributed by atoms with Gasteiger partial charge in [-0.3, -0.25) is 9.48 Å². The number of amides is 1. The first kappa shape index (κ1) is 13.6. The first-order valence-corrected chi connectivity index (χ1v) is 8.08. The summed E-state index contributed by atoms with van der Waals surface area (Å²) >= 11 is 3.55. The van der Waals surface area contributed by atoms with E-state index in [0.717, 1.165) is 29.1 Å². The van der Waals surface area contributed by atoms with Crippen LogP contribution in [0, 0.1) is 0 Å². The smallest absolute Gasteiger partial charge is 0.272 e. The van der Waals surface area contributed by atoms with Crippen molar-refractivity contribution >= 4 is 32.7 Å². The number of aromatic nitrogens is 2. The molecule has 0 atom stereocenters. The number of fused-ring (bicyclic) bond motifs is 1. The van der Waals surface area contributed by atoms with Crippen LogP contribution < -0.4 is 5.32 Å². The van der Waals surface area contributed by atoms with Gasteiger partial charge in [0.05, 0.1) is 11.1 Å². The molecule has 0 unspecified atom stereocenters. The highest BCUT2D eigenvalue weighted by Crippen LogP contribution is 2.31. The van der Waals surface area contributed by atoms with E-state index in [-0.39, 0.29) is 11.4 Å². The van der Waals surface area contributed by atoms with Crippen molar-refractivity contribution in [2.75, 3.05) is 5.33 Å². The van der Waals surface area contributed by atoms with Crippen LogP contribution in [0.25, 0.3) is 10.9 Å². The molecule has 0 saturated heterocycles. The standard InChI is InChI=1S/C15H18BrN3O/c1-19-12-7-3-2-6-11(12)13(18-19)14(20)17-15(10-16)8-4-5-9-15/h2-3,6-7H,4-5,8-10H2,1H3,(H,17,20). The summed E-state index contributed by atoms with van der Waals surface area (Å²) in [4.78, 5) is 12.6. The third-order valence-corrected chi connectivity index (χ3v) is 5.24. The highest BCUT2D eigenvalue weighted by Gasteiger charge is 2.35. The quantitative estimate of drug-likeness (QED) is 0.876. The minimum atomic E-state index is -0.101. The maximum absolute atomic E-state index is 12.6. The molecule has 20 heavy (non-hydrogen) atoms. The molecule has 1 heterocycles. The molecule has 0 radical (unpaired) electrons. The molecule has 1 aromatic carbocycles. The Kier molecular flexibility index (Phi) is 3.54. The van der Waals surface area contributed by atoms with Gasteiger partial charge in [-0.05, 0) is 18.9 Å². The second-order valence-corrected chi connectivity index (χ2v) is 6.13. The molecule has 0 aliphatic heterocycles. The molecule has 3 rings (SSSR count). The lowest BCUT2D eigenvalue weighted by Crippen LogP contribution is -2.47. The molecular formula is C15H18BrN3O. The average Bonchev–Trinajstić information content (AvgIpc) is 3.05. The fourth-order valence-corrected chi connectivity index (χ4v) is 3.73. The summed E-state index contributed by atoms with van der Waals surface area (Å²) in [7, 11) is 1.87. The van der Waals surface area contributed by atoms with Gasteiger partial charge in [0.1, 0.15) is 0 Å². The Bertz CT molecular complexity index is 644. The molecule has 1 amide bonds. The van der Waals surface area contributed by atoms with Crippen LogP contribution >= 0.6 is 15.9 Å². The van der Waals surface area contributed by atoms with Gasteiger partial charge in [-0.15, -0.1) is 0 Å². The lowest BCUT2D eigenvalue weighted by molar-refractivity contribution is 0.0906. The minimum Gasteiger partial charge on any atom is -0.344 e. The molecular weight excluding hydrogens is 318 g/mol. The van der Waals surface area contributed by atoms with Gasteiger partial charge in [-0.1, -0.05) is 47.0 Å². The van der Waals surface area contributed by atoms with Crippen LogP contribution in [0.5, 0.6) is 0 Å². The number of alkyl halides is 1. The van der Waals surface area contributed by atoms with E-state index in [4.69, 9.17) is 0 Å². The molecule has 1 N–H and O–H groups in total. The molecule has 0 spiro atoms. The van der Waals surface area contributed by atoms with E-state index in [1.54, 1.807) is 4.68 Å². The van der Waals surface area contributed by atoms with Gasteiger partial charge in [-0.25, -0.2) is 0 Å². The van der Waals surface area contributed by atoms with Crippen molar-refractivity contribution in [2.24, 2.45) is 7.05 Å². The van der Waals surface area contributed by atoms with E-state index in [1.165, 1.54) is 12.8 Å². The van der Waals surface area contributed by atoms with E-state index in [0.29, 0.717) is 5.69 Å². The summed E-state index contributed by atoms with van der Waals surface area (Å²) in [5.41, 5.74) is 1.41. The number of hydrogen-bond acceptors (Lipinski definition) is 2. The third kappa shape index (κ3) is 2.24. The zero-order valence-electron chi connectivity index (χ0n) is 11.5. The van der Waals surface area contributed by atoms with Gasteiger partial charge in [0.15, 0.2) is 5.69 Å². The van der Waals surface area contributed by atoms with Crippen molar-refractivity contribution in [2.45, 2.75) is 31.2 Å². The lowest BCUT2D eigenvalue weighted by Gasteiger charge is -2.27. The van der Waals surface area contributed by atoms with Crippen LogP contribution in [0.3, 0.4) is 0 Å². The van der Waals surface area contributed by atoms with Gasteiger partial charge >= 0.3 is 0 Å². The average molecular weight is 336 g/mol. The predicted octanol–water partition coefficient (Wildman–Crippen LogP) is 3.01. The van der Waals surface area contributed by atoms with Crippen molar-refractivity contribution < 1.29 is 4.79 Å². The Morgan fingerprint density at radius 2 is 2.10 bits per heavy atom. The number of aryl methyl sites for hydroxylation is 1. The predicted molar refractivity (Wildman–Crippen MR) is 83.2 cm³/mol. The van der Waals surface area contributed by atoms with E-state index < -0.39 is 0 Å². The molecule has 106 valence electrons. The highest BCUT2D eigenvalue weighted by molar-refractivity contribution is 9.09. The van der Waals surface area contributed by atoms with Gasteiger partial charge in [-0.2, -0.15) is 5.10 Å². The first-order chi connectivity index (χ1) is 9.65. The third-order valence-electron chi connectivity index (χ3n) is 4.17. The van der Waals surface area contributed by atoms with Crippen LogP contribution in [0.15, 0.2) is 24.3 Å². The summed E-state index contributed by atoms with van der Waals surface area (Å²) in [5.74, 6) is -0.0665. The van der Waals surface area contributed by atoms with Gasteiger partial charge in [0.2, 0.25) is 0 Å². The van der Waals surface area contributed by atoms with Crippen molar-refractivity contribution in [1.29, 1.82) is 0 Å². The molecule has 1 aliphatic carbocycles. The minimum absolute atomic E-state index is 0.0665. The van der Waals surface area contributed by atoms with E-state index >= 15 is 0 Å². The number of benzene rings is 1. The molecule has 1 saturated carbocycles. The second kappa shape index (κ2) is 5.20. The fraction of sp³-hybridized carbons (Fsp3) is 0.467. The van der Waals surface area contributed by atoms with Crippen LogP contribution in [0.1, 0.15) is 36.2 Å². The van der Waals surface area contributed by atoms with Crippen molar-refractivity contribution in [3.63, 3.8) is 0 Å². The molecule has 1 fully saturated rings. The highest BCUT2D eigenvalue weighted by atomic mass is 79.9. The summed E-state index contributed by atoms with van der Waals surface area (Å²) in [6, 6.07) is 7.83. The topological polar surface area (TPSA) is 46.9 Å². The Labute approximate surface area is 126 Å². The van der Waals surface area contributed by atoms with E-state index in [9.17, 15) is 4.79 Å². The number of nitrogens with zero attached hydrogens (tertiary/aromatic N) is 2. The summed E-state index contributed by atoms with van der Waals surface area (Å²) in [5, 5.41) is 9.30. The summed E-state index contributed by atoms with van der Waals surface area (Å²) < 4.78 is 1.76. The number of carbonyl (C=O) groups excluding carboxylic acids is 1. The largest absolute Gasteiger partial charge is 0.344 e. The second-order valence-electron chi connectivity index (χ2n) is 5.56. The van der Waals surface area contributed by atoms with Gasteiger partial charge < -0.3 is 5.32 Å². The van der Waals surface area contributed by atoms with Gasteiger partial charge in [0, 0.05) is 17.8 Å². The first-order valence-electron chi connectivity index (χ1n) is 6.95. The zero-order valence-corrected chi connectivity index (χ0v) is 13.1. The fourth-order valence-electron chi connectivity index (χ4n) is 3.03. The Morgan fingerprint density at radius 3 is 2.80 bits per heavy atom. The summed E-state index contributed by atoms with van der Waals surface area (Å²) in [6.45, 7) is 0. The van der Waals surface area contributed by atoms with Crippen molar-refractivity contribution in [1.82, 2.24) is 15.1 Å². The maximum Gasteiger partial charge on any atom is 0.272 e. The molecule has 1 aliphatic rings. The van der Waals surface area contributed by atoms with Gasteiger partial charge in [0.25, 0.3) is 5.91 Å². The Hall–Kier alpha value is -1.36.